The summed E-state index contributed by atoms with van der Waals surface area (Å²) < 4.78 is 16.3. The van der Waals surface area contributed by atoms with Crippen LogP contribution >= 0.6 is 0 Å². The van der Waals surface area contributed by atoms with E-state index in [-0.39, 0.29) is 18.5 Å². The summed E-state index contributed by atoms with van der Waals surface area (Å²) in [6.07, 6.45) is 1.42. The van der Waals surface area contributed by atoms with Crippen molar-refractivity contribution in [2.75, 3.05) is 12.1 Å². The summed E-state index contributed by atoms with van der Waals surface area (Å²) in [7, 11) is 0. The van der Waals surface area contributed by atoms with Crippen molar-refractivity contribution in [3.05, 3.63) is 53.8 Å². The number of anilines is 1. The van der Waals surface area contributed by atoms with E-state index in [1.54, 1.807) is 18.2 Å². The highest BCUT2D eigenvalue weighted by Gasteiger charge is 2.52. The van der Waals surface area contributed by atoms with Gasteiger partial charge >= 0.3 is 0 Å². The van der Waals surface area contributed by atoms with Gasteiger partial charge in [-0.05, 0) is 42.7 Å². The monoisotopic (exact) mass is 364 g/mol. The molecule has 1 fully saturated rings. The van der Waals surface area contributed by atoms with E-state index in [1.807, 2.05) is 24.3 Å². The van der Waals surface area contributed by atoms with E-state index in [2.05, 4.69) is 5.32 Å². The van der Waals surface area contributed by atoms with Crippen LogP contribution in [0.15, 0.2) is 46.9 Å². The van der Waals surface area contributed by atoms with Crippen molar-refractivity contribution < 1.29 is 23.5 Å². The van der Waals surface area contributed by atoms with Crippen molar-refractivity contribution in [3.63, 3.8) is 0 Å². The minimum absolute atomic E-state index is 0.0500. The third kappa shape index (κ3) is 2.35. The van der Waals surface area contributed by atoms with Gasteiger partial charge in [0.1, 0.15) is 11.3 Å². The van der Waals surface area contributed by atoms with Crippen molar-refractivity contribution >= 4 is 28.5 Å². The van der Waals surface area contributed by atoms with E-state index in [0.717, 1.165) is 5.56 Å². The van der Waals surface area contributed by atoms with Crippen LogP contribution < -0.4 is 20.5 Å². The van der Waals surface area contributed by atoms with Crippen LogP contribution in [0.2, 0.25) is 0 Å². The number of amides is 2. The Morgan fingerprint density at radius 2 is 1.81 bits per heavy atom. The van der Waals surface area contributed by atoms with Gasteiger partial charge in [0.2, 0.25) is 18.5 Å². The maximum Gasteiger partial charge on any atom is 0.286 e. The van der Waals surface area contributed by atoms with Crippen LogP contribution in [0.3, 0.4) is 0 Å². The maximum absolute atomic E-state index is 13.1. The molecule has 2 aliphatic rings. The molecule has 3 aromatic rings. The van der Waals surface area contributed by atoms with E-state index >= 15 is 0 Å². The number of carbonyl (C=O) groups is 2. The number of para-hydroxylation sites is 1. The predicted molar refractivity (Wildman–Crippen MR) is 96.8 cm³/mol. The van der Waals surface area contributed by atoms with Gasteiger partial charge in [0.15, 0.2) is 11.5 Å². The molecule has 0 spiro atoms. The molecule has 2 amide bonds. The zero-order chi connectivity index (χ0) is 18.6. The molecule has 1 saturated carbocycles. The molecule has 136 valence electrons. The molecule has 0 atom stereocenters. The number of nitrogens with one attached hydrogen (secondary N) is 1. The summed E-state index contributed by atoms with van der Waals surface area (Å²) in [6, 6.07) is 12.6. The van der Waals surface area contributed by atoms with E-state index in [0.29, 0.717) is 41.0 Å². The first-order valence-corrected chi connectivity index (χ1v) is 8.61. The fourth-order valence-electron chi connectivity index (χ4n) is 3.54. The Labute approximate surface area is 154 Å². The van der Waals surface area contributed by atoms with Crippen LogP contribution in [-0.4, -0.2) is 18.6 Å². The molecule has 1 aromatic heterocycles. The van der Waals surface area contributed by atoms with Gasteiger partial charge in [-0.2, -0.15) is 0 Å². The normalized spacial score (nSPS) is 16.3. The van der Waals surface area contributed by atoms with Crippen LogP contribution in [0.25, 0.3) is 11.0 Å². The fraction of sp³-hybridized carbons (Fsp3) is 0.200. The number of hydrogen-bond donors (Lipinski definition) is 2. The Balaban J connectivity index is 1.51. The van der Waals surface area contributed by atoms with E-state index in [1.165, 1.54) is 0 Å². The lowest BCUT2D eigenvalue weighted by Gasteiger charge is -2.16. The topological polar surface area (TPSA) is 104 Å². The zero-order valence-corrected chi connectivity index (χ0v) is 14.3. The Kier molecular flexibility index (Phi) is 3.21. The van der Waals surface area contributed by atoms with E-state index < -0.39 is 11.3 Å². The quantitative estimate of drug-likeness (QED) is 0.741. The van der Waals surface area contributed by atoms with Crippen LogP contribution in [0.1, 0.15) is 29.0 Å². The Hall–Kier alpha value is -3.48. The molecule has 5 rings (SSSR count). The Bertz CT molecular complexity index is 1100. The largest absolute Gasteiger partial charge is 0.454 e. The van der Waals surface area contributed by atoms with E-state index in [9.17, 15) is 9.59 Å². The molecule has 0 radical (unpaired) electrons. The average molecular weight is 364 g/mol. The van der Waals surface area contributed by atoms with Gasteiger partial charge in [-0.25, -0.2) is 0 Å². The molecule has 0 bridgehead atoms. The lowest BCUT2D eigenvalue weighted by molar-refractivity contribution is -0.118. The van der Waals surface area contributed by atoms with Crippen molar-refractivity contribution in [3.8, 4) is 11.5 Å². The Morgan fingerprint density at radius 3 is 2.59 bits per heavy atom. The molecule has 0 saturated heterocycles. The second-order valence-corrected chi connectivity index (χ2v) is 6.77. The summed E-state index contributed by atoms with van der Waals surface area (Å²) >= 11 is 0. The third-order valence-corrected chi connectivity index (χ3v) is 5.17. The first kappa shape index (κ1) is 15.7. The third-order valence-electron chi connectivity index (χ3n) is 5.17. The van der Waals surface area contributed by atoms with Gasteiger partial charge < -0.3 is 24.9 Å². The van der Waals surface area contributed by atoms with Gasteiger partial charge in [-0.15, -0.1) is 0 Å². The summed E-state index contributed by atoms with van der Waals surface area (Å²) in [6.45, 7) is 0.182. The van der Waals surface area contributed by atoms with Crippen LogP contribution in [0.4, 0.5) is 5.69 Å². The van der Waals surface area contributed by atoms with Crippen molar-refractivity contribution in [1.29, 1.82) is 0 Å². The molecular formula is C20H16N2O5. The highest BCUT2D eigenvalue weighted by atomic mass is 16.7. The zero-order valence-electron chi connectivity index (χ0n) is 14.3. The highest BCUT2D eigenvalue weighted by Crippen LogP contribution is 2.51. The van der Waals surface area contributed by atoms with Gasteiger partial charge in [0.25, 0.3) is 5.91 Å². The molecular weight excluding hydrogens is 348 g/mol. The van der Waals surface area contributed by atoms with Gasteiger partial charge in [0, 0.05) is 5.39 Å². The average Bonchev–Trinajstić information content (AvgIpc) is 3.21. The summed E-state index contributed by atoms with van der Waals surface area (Å²) in [5.74, 6) is 0.334. The van der Waals surface area contributed by atoms with Crippen molar-refractivity contribution in [2.24, 2.45) is 5.73 Å². The smallest absolute Gasteiger partial charge is 0.286 e. The SMILES string of the molecule is NC(=O)c1oc2ccccc2c1NC(=O)C1(c2ccc3c(c2)OCO3)CC1. The summed E-state index contributed by atoms with van der Waals surface area (Å²) in [5.41, 5.74) is 6.45. The van der Waals surface area contributed by atoms with Crippen LogP contribution in [0, 0.1) is 0 Å². The highest BCUT2D eigenvalue weighted by molar-refractivity contribution is 6.12. The van der Waals surface area contributed by atoms with Gasteiger partial charge in [0.05, 0.1) is 5.41 Å². The number of rotatable bonds is 4. The van der Waals surface area contributed by atoms with Crippen LogP contribution in [0.5, 0.6) is 11.5 Å². The summed E-state index contributed by atoms with van der Waals surface area (Å²) in [5, 5.41) is 3.52. The molecule has 27 heavy (non-hydrogen) atoms. The number of fused-ring (bicyclic) bond motifs is 2. The molecule has 7 heteroatoms. The number of nitrogens with two attached hydrogens (primary N) is 1. The predicted octanol–water partition coefficient (Wildman–Crippen LogP) is 2.93. The number of ether oxygens (including phenoxy) is 2. The number of furan rings is 1. The number of primary amides is 1. The minimum Gasteiger partial charge on any atom is -0.454 e. The lowest BCUT2D eigenvalue weighted by atomic mass is 9.94. The lowest BCUT2D eigenvalue weighted by Crippen LogP contribution is -2.28. The summed E-state index contributed by atoms with van der Waals surface area (Å²) in [4.78, 5) is 24.9. The number of carbonyl (C=O) groups excluding carboxylic acids is 2. The van der Waals surface area contributed by atoms with Gasteiger partial charge in [-0.1, -0.05) is 18.2 Å². The Morgan fingerprint density at radius 1 is 1.04 bits per heavy atom. The van der Waals surface area contributed by atoms with Crippen molar-refractivity contribution in [2.45, 2.75) is 18.3 Å². The van der Waals surface area contributed by atoms with E-state index in [4.69, 9.17) is 19.6 Å². The first-order valence-electron chi connectivity index (χ1n) is 8.61. The molecule has 2 aromatic carbocycles. The first-order chi connectivity index (χ1) is 13.1. The second-order valence-electron chi connectivity index (χ2n) is 6.77. The molecule has 0 unspecified atom stereocenters. The molecule has 3 N–H and O–H groups in total. The number of hydrogen-bond acceptors (Lipinski definition) is 5. The van der Waals surface area contributed by atoms with Crippen LogP contribution in [-0.2, 0) is 10.2 Å². The minimum atomic E-state index is -0.727. The molecule has 1 aliphatic carbocycles. The molecule has 2 heterocycles. The molecule has 1 aliphatic heterocycles. The second kappa shape index (κ2) is 5.51. The standard InChI is InChI=1S/C20H16N2O5/c21-18(23)17-16(12-3-1-2-4-13(12)27-17)22-19(24)20(7-8-20)11-5-6-14-15(9-11)26-10-25-14/h1-6,9H,7-8,10H2,(H2,21,23)(H,22,24). The maximum atomic E-state index is 13.1. The fourth-order valence-corrected chi connectivity index (χ4v) is 3.54. The number of benzene rings is 2. The molecule has 7 nitrogen and oxygen atoms in total. The van der Waals surface area contributed by atoms with Gasteiger partial charge in [-0.3, -0.25) is 9.59 Å². The van der Waals surface area contributed by atoms with Crippen molar-refractivity contribution in [1.82, 2.24) is 0 Å².